The Labute approximate surface area is 86.5 Å². The average Bonchev–Trinajstić information content (AvgIpc) is 3.00. The summed E-state index contributed by atoms with van der Waals surface area (Å²) in [5.41, 5.74) is 1.72. The Morgan fingerprint density at radius 2 is 2.27 bits per heavy atom. The Hall–Kier alpha value is -1.71. The Morgan fingerprint density at radius 1 is 1.47 bits per heavy atom. The van der Waals surface area contributed by atoms with Gasteiger partial charge in [0.25, 0.3) is 0 Å². The summed E-state index contributed by atoms with van der Waals surface area (Å²) in [4.78, 5) is 14.6. The fourth-order valence-corrected chi connectivity index (χ4v) is 1.99. The second kappa shape index (κ2) is 2.89. The summed E-state index contributed by atoms with van der Waals surface area (Å²) in [6.45, 7) is 0. The summed E-state index contributed by atoms with van der Waals surface area (Å²) in [6.07, 6.45) is 2.18. The van der Waals surface area contributed by atoms with Crippen LogP contribution < -0.4 is 10.4 Å². The largest absolute Gasteiger partial charge is 0.494 e. The molecule has 1 aliphatic carbocycles. The van der Waals surface area contributed by atoms with E-state index in [2.05, 4.69) is 4.98 Å². The maximum absolute atomic E-state index is 11.7. The number of nitrogens with one attached hydrogen (secondary N) is 1. The number of ether oxygens (including phenoxy) is 1. The standard InChI is InChI=1S/C11H12N2O2/c1-15-9-4-2-3-8-10(9)13(7-5-6-7)11(14)12-8/h2-4,7H,5-6H2,1H3,(H,12,14). The molecule has 0 aliphatic heterocycles. The molecule has 3 rings (SSSR count). The molecule has 0 amide bonds. The van der Waals surface area contributed by atoms with Crippen LogP contribution in [0.2, 0.25) is 0 Å². The van der Waals surface area contributed by atoms with Crippen LogP contribution in [0.3, 0.4) is 0 Å². The van der Waals surface area contributed by atoms with Crippen molar-refractivity contribution in [3.63, 3.8) is 0 Å². The molecule has 0 spiro atoms. The first-order chi connectivity index (χ1) is 7.31. The highest BCUT2D eigenvalue weighted by Crippen LogP contribution is 2.37. The first kappa shape index (κ1) is 8.59. The summed E-state index contributed by atoms with van der Waals surface area (Å²) < 4.78 is 7.09. The zero-order chi connectivity index (χ0) is 10.4. The molecule has 0 radical (unpaired) electrons. The number of methoxy groups -OCH3 is 1. The lowest BCUT2D eigenvalue weighted by molar-refractivity contribution is 0.417. The van der Waals surface area contributed by atoms with Crippen LogP contribution in [0.25, 0.3) is 11.0 Å². The molecule has 15 heavy (non-hydrogen) atoms. The first-order valence-corrected chi connectivity index (χ1v) is 5.08. The van der Waals surface area contributed by atoms with Crippen molar-refractivity contribution in [3.8, 4) is 5.75 Å². The molecule has 4 heteroatoms. The van der Waals surface area contributed by atoms with E-state index in [1.54, 1.807) is 7.11 Å². The van der Waals surface area contributed by atoms with Gasteiger partial charge in [-0.1, -0.05) is 6.07 Å². The topological polar surface area (TPSA) is 47.0 Å². The summed E-state index contributed by atoms with van der Waals surface area (Å²) in [5.74, 6) is 0.762. The number of nitrogens with zero attached hydrogens (tertiary/aromatic N) is 1. The van der Waals surface area contributed by atoms with Crippen molar-refractivity contribution < 1.29 is 4.74 Å². The minimum Gasteiger partial charge on any atom is -0.494 e. The second-order valence-electron chi connectivity index (χ2n) is 3.89. The number of benzene rings is 1. The molecule has 1 aliphatic rings. The second-order valence-corrected chi connectivity index (χ2v) is 3.89. The van der Waals surface area contributed by atoms with Crippen molar-refractivity contribution in [2.24, 2.45) is 0 Å². The van der Waals surface area contributed by atoms with Gasteiger partial charge in [-0.3, -0.25) is 4.57 Å². The van der Waals surface area contributed by atoms with Gasteiger partial charge in [-0.05, 0) is 25.0 Å². The predicted molar refractivity (Wildman–Crippen MR) is 57.4 cm³/mol. The van der Waals surface area contributed by atoms with E-state index in [4.69, 9.17) is 4.74 Å². The van der Waals surface area contributed by atoms with Crippen molar-refractivity contribution in [1.82, 2.24) is 9.55 Å². The van der Waals surface area contributed by atoms with E-state index < -0.39 is 0 Å². The molecule has 0 bridgehead atoms. The maximum Gasteiger partial charge on any atom is 0.326 e. The molecular weight excluding hydrogens is 192 g/mol. The summed E-state index contributed by atoms with van der Waals surface area (Å²) >= 11 is 0. The molecule has 1 N–H and O–H groups in total. The smallest absolute Gasteiger partial charge is 0.326 e. The quantitative estimate of drug-likeness (QED) is 0.808. The molecule has 0 atom stereocenters. The fourth-order valence-electron chi connectivity index (χ4n) is 1.99. The van der Waals surface area contributed by atoms with Crippen LogP contribution in [0.15, 0.2) is 23.0 Å². The van der Waals surface area contributed by atoms with Gasteiger partial charge < -0.3 is 9.72 Å². The summed E-state index contributed by atoms with van der Waals surface area (Å²) in [6, 6.07) is 6.03. The number of fused-ring (bicyclic) bond motifs is 1. The van der Waals surface area contributed by atoms with Crippen LogP contribution >= 0.6 is 0 Å². The van der Waals surface area contributed by atoms with E-state index in [1.807, 2.05) is 22.8 Å². The van der Waals surface area contributed by atoms with Crippen LogP contribution in [0.5, 0.6) is 5.75 Å². The normalized spacial score (nSPS) is 15.8. The van der Waals surface area contributed by atoms with E-state index in [0.717, 1.165) is 29.6 Å². The van der Waals surface area contributed by atoms with E-state index in [-0.39, 0.29) is 5.69 Å². The monoisotopic (exact) mass is 204 g/mol. The number of hydrogen-bond acceptors (Lipinski definition) is 2. The highest BCUT2D eigenvalue weighted by atomic mass is 16.5. The van der Waals surface area contributed by atoms with E-state index >= 15 is 0 Å². The minimum absolute atomic E-state index is 0.0306. The number of imidazole rings is 1. The van der Waals surface area contributed by atoms with Crippen LogP contribution in [0.1, 0.15) is 18.9 Å². The molecular formula is C11H12N2O2. The molecule has 2 aromatic rings. The molecule has 1 saturated carbocycles. The maximum atomic E-state index is 11.7. The van der Waals surface area contributed by atoms with E-state index in [0.29, 0.717) is 6.04 Å². The van der Waals surface area contributed by atoms with Crippen LogP contribution in [0, 0.1) is 0 Å². The van der Waals surface area contributed by atoms with Crippen molar-refractivity contribution in [1.29, 1.82) is 0 Å². The first-order valence-electron chi connectivity index (χ1n) is 5.08. The van der Waals surface area contributed by atoms with Gasteiger partial charge in [0.1, 0.15) is 11.3 Å². The lowest BCUT2D eigenvalue weighted by Crippen LogP contribution is -2.15. The Morgan fingerprint density at radius 3 is 2.93 bits per heavy atom. The van der Waals surface area contributed by atoms with Gasteiger partial charge in [0.05, 0.1) is 12.6 Å². The Balaban J connectivity index is 2.40. The third-order valence-electron chi connectivity index (χ3n) is 2.83. The van der Waals surface area contributed by atoms with Crippen LogP contribution in [0.4, 0.5) is 0 Å². The lowest BCUT2D eigenvalue weighted by Gasteiger charge is -2.05. The van der Waals surface area contributed by atoms with Crippen molar-refractivity contribution in [2.75, 3.05) is 7.11 Å². The number of aromatic amines is 1. The number of rotatable bonds is 2. The van der Waals surface area contributed by atoms with Crippen molar-refractivity contribution >= 4 is 11.0 Å². The summed E-state index contributed by atoms with van der Waals surface area (Å²) in [5, 5.41) is 0. The molecule has 1 heterocycles. The van der Waals surface area contributed by atoms with Gasteiger partial charge >= 0.3 is 5.69 Å². The molecule has 1 aromatic heterocycles. The third-order valence-corrected chi connectivity index (χ3v) is 2.83. The molecule has 78 valence electrons. The Bertz CT molecular complexity index is 563. The average molecular weight is 204 g/mol. The van der Waals surface area contributed by atoms with E-state index in [9.17, 15) is 4.79 Å². The van der Waals surface area contributed by atoms with Crippen LogP contribution in [-0.2, 0) is 0 Å². The van der Waals surface area contributed by atoms with Gasteiger partial charge in [0.2, 0.25) is 0 Å². The summed E-state index contributed by atoms with van der Waals surface area (Å²) in [7, 11) is 1.63. The van der Waals surface area contributed by atoms with Gasteiger partial charge in [-0.25, -0.2) is 4.79 Å². The number of aromatic nitrogens is 2. The van der Waals surface area contributed by atoms with Crippen LogP contribution in [-0.4, -0.2) is 16.7 Å². The third kappa shape index (κ3) is 1.17. The van der Waals surface area contributed by atoms with Gasteiger partial charge in [0, 0.05) is 6.04 Å². The van der Waals surface area contributed by atoms with Gasteiger partial charge in [-0.15, -0.1) is 0 Å². The molecule has 1 aromatic carbocycles. The minimum atomic E-state index is -0.0306. The van der Waals surface area contributed by atoms with Gasteiger partial charge in [-0.2, -0.15) is 0 Å². The van der Waals surface area contributed by atoms with Crippen molar-refractivity contribution in [3.05, 3.63) is 28.7 Å². The van der Waals surface area contributed by atoms with Crippen molar-refractivity contribution in [2.45, 2.75) is 18.9 Å². The number of H-pyrrole nitrogens is 1. The number of para-hydroxylation sites is 1. The lowest BCUT2D eigenvalue weighted by atomic mass is 10.3. The zero-order valence-electron chi connectivity index (χ0n) is 8.49. The molecule has 0 saturated heterocycles. The molecule has 1 fully saturated rings. The predicted octanol–water partition coefficient (Wildman–Crippen LogP) is 1.67. The molecule has 0 unspecified atom stereocenters. The molecule has 4 nitrogen and oxygen atoms in total. The van der Waals surface area contributed by atoms with Gasteiger partial charge in [0.15, 0.2) is 0 Å². The fraction of sp³-hybridized carbons (Fsp3) is 0.364. The zero-order valence-corrected chi connectivity index (χ0v) is 8.49. The highest BCUT2D eigenvalue weighted by Gasteiger charge is 2.28. The SMILES string of the molecule is COc1cccc2[nH]c(=O)n(C3CC3)c12. The van der Waals surface area contributed by atoms with E-state index in [1.165, 1.54) is 0 Å². The number of hydrogen-bond donors (Lipinski definition) is 1. The Kier molecular flexibility index (Phi) is 1.65. The highest BCUT2D eigenvalue weighted by molar-refractivity contribution is 5.82.